The molecule has 0 amide bonds. The monoisotopic (exact) mass is 714 g/mol. The molecule has 12 rings (SSSR count). The highest BCUT2D eigenvalue weighted by Gasteiger charge is 2.20. The van der Waals surface area contributed by atoms with E-state index in [4.69, 9.17) is 19.4 Å². The van der Waals surface area contributed by atoms with Gasteiger partial charge in [0.25, 0.3) is 0 Å². The van der Waals surface area contributed by atoms with Crippen LogP contribution in [0.1, 0.15) is 0 Å². The third-order valence-electron chi connectivity index (χ3n) is 11.2. The molecule has 0 aliphatic rings. The van der Waals surface area contributed by atoms with Crippen molar-refractivity contribution in [3.05, 3.63) is 182 Å². The Balaban J connectivity index is 1.06. The molecule has 0 fully saturated rings. The normalized spacial score (nSPS) is 11.9. The maximum atomic E-state index is 6.69. The molecule has 5 nitrogen and oxygen atoms in total. The van der Waals surface area contributed by atoms with Crippen molar-refractivity contribution >= 4 is 76.1 Å². The van der Waals surface area contributed by atoms with Crippen LogP contribution in [0.2, 0.25) is 0 Å². The minimum atomic E-state index is 0.595. The lowest BCUT2D eigenvalue weighted by Gasteiger charge is -2.10. The zero-order valence-corrected chi connectivity index (χ0v) is 30.0. The Kier molecular flexibility index (Phi) is 6.56. The van der Waals surface area contributed by atoms with Gasteiger partial charge in [0.05, 0.1) is 11.0 Å². The summed E-state index contributed by atoms with van der Waals surface area (Å²) in [5.74, 6) is 1.84. The Morgan fingerprint density at radius 3 is 1.70 bits per heavy atom. The number of rotatable bonds is 4. The Morgan fingerprint density at radius 1 is 0.357 bits per heavy atom. The average Bonchev–Trinajstić information content (AvgIpc) is 3.81. The lowest BCUT2D eigenvalue weighted by Crippen LogP contribution is -2.00. The molecular weight excluding hydrogens is 685 g/mol. The van der Waals surface area contributed by atoms with E-state index < -0.39 is 0 Å². The van der Waals surface area contributed by atoms with Gasteiger partial charge in [-0.1, -0.05) is 133 Å². The smallest absolute Gasteiger partial charge is 0.164 e. The second-order valence-electron chi connectivity index (χ2n) is 14.4. The number of hydrogen-bond donors (Lipinski definition) is 0. The van der Waals surface area contributed by atoms with Crippen molar-refractivity contribution < 1.29 is 4.42 Å². The van der Waals surface area contributed by atoms with Crippen molar-refractivity contribution in [1.82, 2.24) is 19.5 Å². The highest BCUT2D eigenvalue weighted by atomic mass is 16.3. The van der Waals surface area contributed by atoms with Crippen LogP contribution in [-0.4, -0.2) is 19.5 Å². The Hall–Kier alpha value is -7.63. The van der Waals surface area contributed by atoms with Crippen LogP contribution in [0.3, 0.4) is 0 Å². The largest absolute Gasteiger partial charge is 0.456 e. The van der Waals surface area contributed by atoms with E-state index in [1.165, 1.54) is 32.3 Å². The molecule has 56 heavy (non-hydrogen) atoms. The lowest BCUT2D eigenvalue weighted by molar-refractivity contribution is 0.668. The van der Waals surface area contributed by atoms with Crippen LogP contribution in [0.15, 0.2) is 186 Å². The van der Waals surface area contributed by atoms with E-state index in [2.05, 4.69) is 174 Å². The predicted octanol–water partition coefficient (Wildman–Crippen LogP) is 13.3. The van der Waals surface area contributed by atoms with Gasteiger partial charge in [-0.2, -0.15) is 0 Å². The summed E-state index contributed by atoms with van der Waals surface area (Å²) in [6.07, 6.45) is 0. The molecule has 260 valence electrons. The third-order valence-corrected chi connectivity index (χ3v) is 11.2. The van der Waals surface area contributed by atoms with Gasteiger partial charge in [-0.25, -0.2) is 15.0 Å². The number of fused-ring (bicyclic) bond motifs is 10. The van der Waals surface area contributed by atoms with Crippen LogP contribution < -0.4 is 0 Å². The average molecular weight is 715 g/mol. The van der Waals surface area contributed by atoms with Crippen molar-refractivity contribution in [3.8, 4) is 39.9 Å². The molecule has 0 saturated heterocycles. The third kappa shape index (κ3) is 4.71. The van der Waals surface area contributed by atoms with E-state index in [-0.39, 0.29) is 0 Å². The van der Waals surface area contributed by atoms with Crippen molar-refractivity contribution in [2.24, 2.45) is 0 Å². The van der Waals surface area contributed by atoms with Crippen LogP contribution >= 0.6 is 0 Å². The Bertz CT molecular complexity index is 3460. The SMILES string of the molecule is c1ccc2cc(-c3nc(-c4ccc5ccccc5c4)nc(-c4cccc5oc6cc(-n7c8ccccc8c8c9ccccc9ccc87)ccc6c45)n3)ccc2c1. The molecule has 0 unspecified atom stereocenters. The van der Waals surface area contributed by atoms with Crippen molar-refractivity contribution in [2.75, 3.05) is 0 Å². The number of hydrogen-bond acceptors (Lipinski definition) is 4. The topological polar surface area (TPSA) is 56.7 Å². The van der Waals surface area contributed by atoms with E-state index in [0.717, 1.165) is 66.1 Å². The maximum Gasteiger partial charge on any atom is 0.164 e. The first-order valence-electron chi connectivity index (χ1n) is 18.8. The summed E-state index contributed by atoms with van der Waals surface area (Å²) in [6, 6.07) is 63.9. The van der Waals surface area contributed by atoms with Crippen molar-refractivity contribution in [2.45, 2.75) is 0 Å². The summed E-state index contributed by atoms with van der Waals surface area (Å²) in [7, 11) is 0. The summed E-state index contributed by atoms with van der Waals surface area (Å²) < 4.78 is 9.04. The lowest BCUT2D eigenvalue weighted by atomic mass is 10.0. The van der Waals surface area contributed by atoms with E-state index in [1.807, 2.05) is 12.1 Å². The van der Waals surface area contributed by atoms with Gasteiger partial charge in [0.15, 0.2) is 17.5 Å². The first-order chi connectivity index (χ1) is 27.7. The fourth-order valence-electron chi connectivity index (χ4n) is 8.57. The number of benzene rings is 9. The molecule has 0 aliphatic carbocycles. The standard InChI is InChI=1S/C51H30N4O/c1-3-13-34-28-36(22-20-31(34)10-1)49-52-50(37-23-21-32-11-2-4-14-35(32)29-37)54-51(53-49)42-17-9-19-45-48(42)41-26-25-38(30-46(41)56-45)55-43-18-8-7-16-40(43)47-39-15-6-5-12-33(39)24-27-44(47)55/h1-30H. The van der Waals surface area contributed by atoms with E-state index in [9.17, 15) is 0 Å². The summed E-state index contributed by atoms with van der Waals surface area (Å²) in [4.78, 5) is 15.5. The minimum Gasteiger partial charge on any atom is -0.456 e. The molecular formula is C51H30N4O. The van der Waals surface area contributed by atoms with Crippen LogP contribution in [0.5, 0.6) is 0 Å². The highest BCUT2D eigenvalue weighted by molar-refractivity contribution is 6.21. The number of furan rings is 1. The van der Waals surface area contributed by atoms with Gasteiger partial charge in [-0.3, -0.25) is 0 Å². The first kappa shape index (κ1) is 30.8. The van der Waals surface area contributed by atoms with Gasteiger partial charge < -0.3 is 8.98 Å². The molecule has 0 atom stereocenters. The zero-order valence-electron chi connectivity index (χ0n) is 30.0. The highest BCUT2D eigenvalue weighted by Crippen LogP contribution is 2.41. The van der Waals surface area contributed by atoms with Gasteiger partial charge in [-0.15, -0.1) is 0 Å². The first-order valence-corrected chi connectivity index (χ1v) is 18.8. The maximum absolute atomic E-state index is 6.69. The second-order valence-corrected chi connectivity index (χ2v) is 14.4. The fraction of sp³-hybridized carbons (Fsp3) is 0. The van der Waals surface area contributed by atoms with E-state index in [1.54, 1.807) is 0 Å². The van der Waals surface area contributed by atoms with Crippen LogP contribution in [0, 0.1) is 0 Å². The molecule has 0 N–H and O–H groups in total. The molecule has 0 aliphatic heterocycles. The molecule has 0 spiro atoms. The molecule has 0 radical (unpaired) electrons. The minimum absolute atomic E-state index is 0.595. The second kappa shape index (κ2) is 11.9. The molecule has 3 aromatic heterocycles. The Labute approximate surface area is 320 Å². The molecule has 0 saturated carbocycles. The van der Waals surface area contributed by atoms with Gasteiger partial charge in [0, 0.05) is 50.0 Å². The quantitative estimate of drug-likeness (QED) is 0.182. The van der Waals surface area contributed by atoms with Gasteiger partial charge >= 0.3 is 0 Å². The number of para-hydroxylation sites is 1. The molecule has 5 heteroatoms. The summed E-state index contributed by atoms with van der Waals surface area (Å²) in [5.41, 5.74) is 7.69. The number of nitrogens with zero attached hydrogens (tertiary/aromatic N) is 4. The Morgan fingerprint density at radius 2 is 0.964 bits per heavy atom. The number of aromatic nitrogens is 4. The molecule has 12 aromatic rings. The van der Waals surface area contributed by atoms with Gasteiger partial charge in [0.2, 0.25) is 0 Å². The molecule has 0 bridgehead atoms. The summed E-state index contributed by atoms with van der Waals surface area (Å²) in [6.45, 7) is 0. The van der Waals surface area contributed by atoms with E-state index >= 15 is 0 Å². The van der Waals surface area contributed by atoms with Crippen LogP contribution in [-0.2, 0) is 0 Å². The van der Waals surface area contributed by atoms with Gasteiger partial charge in [0.1, 0.15) is 11.2 Å². The van der Waals surface area contributed by atoms with Crippen LogP contribution in [0.4, 0.5) is 0 Å². The van der Waals surface area contributed by atoms with Crippen molar-refractivity contribution in [1.29, 1.82) is 0 Å². The van der Waals surface area contributed by atoms with Gasteiger partial charge in [-0.05, 0) is 74.8 Å². The fourth-order valence-corrected chi connectivity index (χ4v) is 8.57. The van der Waals surface area contributed by atoms with E-state index in [0.29, 0.717) is 17.5 Å². The summed E-state index contributed by atoms with van der Waals surface area (Å²) in [5, 5.41) is 11.5. The van der Waals surface area contributed by atoms with Crippen molar-refractivity contribution in [3.63, 3.8) is 0 Å². The molecule has 3 heterocycles. The van der Waals surface area contributed by atoms with Crippen LogP contribution in [0.25, 0.3) is 116 Å². The predicted molar refractivity (Wildman–Crippen MR) is 230 cm³/mol. The molecule has 9 aromatic carbocycles. The zero-order chi connectivity index (χ0) is 36.7. The summed E-state index contributed by atoms with van der Waals surface area (Å²) >= 11 is 0.